The lowest BCUT2D eigenvalue weighted by Crippen LogP contribution is -2.15. The third kappa shape index (κ3) is 2.62. The molecule has 0 aliphatic heterocycles. The van der Waals surface area contributed by atoms with Crippen LogP contribution in [0.1, 0.15) is 58.2 Å². The largest absolute Gasteiger partial charge is 0.0617 e. The minimum Gasteiger partial charge on any atom is -0.0617 e. The molecule has 0 saturated carbocycles. The quantitative estimate of drug-likeness (QED) is 0.663. The molecule has 1 rings (SSSR count). The van der Waals surface area contributed by atoms with Gasteiger partial charge in [0.2, 0.25) is 0 Å². The SMILES string of the molecule is CCc1c([C](C)C)cccc1C(C)(C)C. The highest BCUT2D eigenvalue weighted by Gasteiger charge is 2.19. The van der Waals surface area contributed by atoms with Gasteiger partial charge in [0.1, 0.15) is 0 Å². The van der Waals surface area contributed by atoms with E-state index in [2.05, 4.69) is 59.7 Å². The number of hydrogen-bond donors (Lipinski definition) is 0. The molecule has 0 amide bonds. The highest BCUT2D eigenvalue weighted by molar-refractivity contribution is 5.44. The normalized spacial score (nSPS) is 12.2. The van der Waals surface area contributed by atoms with Gasteiger partial charge in [-0.25, -0.2) is 0 Å². The molecule has 0 heterocycles. The minimum atomic E-state index is 0.247. The molecule has 0 unspecified atom stereocenters. The van der Waals surface area contributed by atoms with Gasteiger partial charge in [-0.3, -0.25) is 0 Å². The fraction of sp³-hybridized carbons (Fsp3) is 0.533. The highest BCUT2D eigenvalue weighted by Crippen LogP contribution is 2.31. The Morgan fingerprint density at radius 2 is 1.73 bits per heavy atom. The Morgan fingerprint density at radius 3 is 2.13 bits per heavy atom. The van der Waals surface area contributed by atoms with Gasteiger partial charge >= 0.3 is 0 Å². The van der Waals surface area contributed by atoms with Crippen LogP contribution in [0.3, 0.4) is 0 Å². The Bertz CT molecular complexity index is 326. The first kappa shape index (κ1) is 12.3. The molecule has 0 fully saturated rings. The minimum absolute atomic E-state index is 0.247. The van der Waals surface area contributed by atoms with Crippen LogP contribution in [0, 0.1) is 5.92 Å². The van der Waals surface area contributed by atoms with Crippen LogP contribution in [0.4, 0.5) is 0 Å². The summed E-state index contributed by atoms with van der Waals surface area (Å²) in [5.41, 5.74) is 4.69. The van der Waals surface area contributed by atoms with E-state index in [1.54, 1.807) is 0 Å². The molecule has 15 heavy (non-hydrogen) atoms. The number of rotatable bonds is 2. The third-order valence-corrected chi connectivity index (χ3v) is 2.88. The van der Waals surface area contributed by atoms with E-state index in [1.807, 2.05) is 0 Å². The van der Waals surface area contributed by atoms with Gasteiger partial charge in [0, 0.05) is 0 Å². The molecule has 0 N–H and O–H groups in total. The van der Waals surface area contributed by atoms with Crippen LogP contribution in [0.25, 0.3) is 0 Å². The van der Waals surface area contributed by atoms with Crippen LogP contribution in [0.15, 0.2) is 18.2 Å². The second-order valence-electron chi connectivity index (χ2n) is 5.44. The summed E-state index contributed by atoms with van der Waals surface area (Å²) >= 11 is 0. The van der Waals surface area contributed by atoms with Crippen LogP contribution in [-0.2, 0) is 11.8 Å². The summed E-state index contributed by atoms with van der Waals surface area (Å²) in [7, 11) is 0. The Balaban J connectivity index is 3.35. The van der Waals surface area contributed by atoms with Crippen molar-refractivity contribution in [2.45, 2.75) is 53.4 Å². The van der Waals surface area contributed by atoms with E-state index in [0.717, 1.165) is 6.42 Å². The molecule has 1 aromatic carbocycles. The first-order valence-corrected chi connectivity index (χ1v) is 5.80. The van der Waals surface area contributed by atoms with E-state index in [4.69, 9.17) is 0 Å². The van der Waals surface area contributed by atoms with Crippen molar-refractivity contribution in [2.75, 3.05) is 0 Å². The summed E-state index contributed by atoms with van der Waals surface area (Å²) in [5, 5.41) is 0. The first-order valence-electron chi connectivity index (χ1n) is 5.80. The lowest BCUT2D eigenvalue weighted by molar-refractivity contribution is 0.582. The maximum absolute atomic E-state index is 2.29. The van der Waals surface area contributed by atoms with Crippen molar-refractivity contribution < 1.29 is 0 Å². The predicted molar refractivity (Wildman–Crippen MR) is 68.2 cm³/mol. The van der Waals surface area contributed by atoms with E-state index in [0.29, 0.717) is 0 Å². The van der Waals surface area contributed by atoms with E-state index in [1.165, 1.54) is 22.6 Å². The second-order valence-corrected chi connectivity index (χ2v) is 5.44. The molecule has 1 radical (unpaired) electrons. The second kappa shape index (κ2) is 4.38. The van der Waals surface area contributed by atoms with Gasteiger partial charge in [-0.15, -0.1) is 0 Å². The van der Waals surface area contributed by atoms with Crippen molar-refractivity contribution in [2.24, 2.45) is 0 Å². The van der Waals surface area contributed by atoms with Crippen molar-refractivity contribution in [3.8, 4) is 0 Å². The zero-order valence-electron chi connectivity index (χ0n) is 10.9. The smallest absolute Gasteiger partial charge is 0.000912 e. The van der Waals surface area contributed by atoms with Crippen molar-refractivity contribution >= 4 is 0 Å². The van der Waals surface area contributed by atoms with Gasteiger partial charge in [0.15, 0.2) is 0 Å². The molecule has 0 saturated heterocycles. The van der Waals surface area contributed by atoms with Crippen LogP contribution in [-0.4, -0.2) is 0 Å². The van der Waals surface area contributed by atoms with Crippen molar-refractivity contribution in [1.82, 2.24) is 0 Å². The number of hydrogen-bond acceptors (Lipinski definition) is 0. The van der Waals surface area contributed by atoms with E-state index >= 15 is 0 Å². The molecule has 0 heteroatoms. The van der Waals surface area contributed by atoms with Crippen molar-refractivity contribution in [3.05, 3.63) is 40.8 Å². The molecule has 83 valence electrons. The van der Waals surface area contributed by atoms with Gasteiger partial charge in [-0.2, -0.15) is 0 Å². The summed E-state index contributed by atoms with van der Waals surface area (Å²) in [5.74, 6) is 1.41. The molecule has 0 aromatic heterocycles. The zero-order valence-corrected chi connectivity index (χ0v) is 10.9. The molecule has 0 aliphatic rings. The van der Waals surface area contributed by atoms with E-state index < -0.39 is 0 Å². The summed E-state index contributed by atoms with van der Waals surface area (Å²) < 4.78 is 0. The summed E-state index contributed by atoms with van der Waals surface area (Å²) in [4.78, 5) is 0. The Hall–Kier alpha value is -0.780. The summed E-state index contributed by atoms with van der Waals surface area (Å²) in [6.07, 6.45) is 1.12. The predicted octanol–water partition coefficient (Wildman–Crippen LogP) is 4.51. The standard InChI is InChI=1S/C15H23/c1-7-12-13(11(2)3)9-8-10-14(12)15(4,5)6/h8-10H,7H2,1-6H3. The molecule has 0 atom stereocenters. The zero-order chi connectivity index (χ0) is 11.6. The Morgan fingerprint density at radius 1 is 1.13 bits per heavy atom. The van der Waals surface area contributed by atoms with Gasteiger partial charge in [0.25, 0.3) is 0 Å². The van der Waals surface area contributed by atoms with Crippen LogP contribution in [0.2, 0.25) is 0 Å². The van der Waals surface area contributed by atoms with Crippen LogP contribution < -0.4 is 0 Å². The molecule has 0 aliphatic carbocycles. The van der Waals surface area contributed by atoms with Gasteiger partial charge in [-0.05, 0) is 34.4 Å². The monoisotopic (exact) mass is 203 g/mol. The molecule has 0 nitrogen and oxygen atoms in total. The maximum Gasteiger partial charge on any atom is -0.000912 e. The maximum atomic E-state index is 2.29. The summed E-state index contributed by atoms with van der Waals surface area (Å²) in [6.45, 7) is 13.5. The molecule has 0 spiro atoms. The Labute approximate surface area is 94.7 Å². The topological polar surface area (TPSA) is 0 Å². The fourth-order valence-electron chi connectivity index (χ4n) is 2.14. The van der Waals surface area contributed by atoms with Crippen molar-refractivity contribution in [3.63, 3.8) is 0 Å². The molecule has 0 bridgehead atoms. The highest BCUT2D eigenvalue weighted by atomic mass is 14.2. The van der Waals surface area contributed by atoms with Gasteiger partial charge < -0.3 is 0 Å². The van der Waals surface area contributed by atoms with Crippen LogP contribution in [0.5, 0.6) is 0 Å². The molecular formula is C15H23. The van der Waals surface area contributed by atoms with E-state index in [-0.39, 0.29) is 5.41 Å². The summed E-state index contributed by atoms with van der Waals surface area (Å²) in [6, 6.07) is 6.69. The first-order chi connectivity index (χ1) is 6.88. The molecule has 1 aromatic rings. The van der Waals surface area contributed by atoms with Crippen molar-refractivity contribution in [1.29, 1.82) is 0 Å². The fourth-order valence-corrected chi connectivity index (χ4v) is 2.14. The molecular weight excluding hydrogens is 180 g/mol. The Kier molecular flexibility index (Phi) is 3.59. The average Bonchev–Trinajstić information content (AvgIpc) is 2.15. The third-order valence-electron chi connectivity index (χ3n) is 2.88. The average molecular weight is 203 g/mol. The van der Waals surface area contributed by atoms with Crippen LogP contribution >= 0.6 is 0 Å². The lowest BCUT2D eigenvalue weighted by atomic mass is 9.79. The van der Waals surface area contributed by atoms with Gasteiger partial charge in [0.05, 0.1) is 0 Å². The number of benzene rings is 1. The lowest BCUT2D eigenvalue weighted by Gasteiger charge is -2.25. The van der Waals surface area contributed by atoms with Gasteiger partial charge in [-0.1, -0.05) is 59.7 Å². The van der Waals surface area contributed by atoms with E-state index in [9.17, 15) is 0 Å².